The summed E-state index contributed by atoms with van der Waals surface area (Å²) in [5.74, 6) is 1.76. The van der Waals surface area contributed by atoms with Crippen LogP contribution in [0.25, 0.3) is 11.1 Å². The van der Waals surface area contributed by atoms with Crippen molar-refractivity contribution < 1.29 is 9.53 Å². The molecule has 0 bridgehead atoms. The largest absolute Gasteiger partial charge is 0.497 e. The summed E-state index contributed by atoms with van der Waals surface area (Å²) in [6.45, 7) is 2.83. The van der Waals surface area contributed by atoms with Crippen LogP contribution in [0.2, 0.25) is 0 Å². The summed E-state index contributed by atoms with van der Waals surface area (Å²) in [4.78, 5) is 21.8. The average Bonchev–Trinajstić information content (AvgIpc) is 2.79. The maximum Gasteiger partial charge on any atom is 0.254 e. The first kappa shape index (κ1) is 18.0. The van der Waals surface area contributed by atoms with Crippen molar-refractivity contribution >= 4 is 11.7 Å². The van der Waals surface area contributed by atoms with Gasteiger partial charge in [-0.05, 0) is 23.3 Å². The normalized spacial score (nSPS) is 14.0. The van der Waals surface area contributed by atoms with Gasteiger partial charge in [-0.1, -0.05) is 48.5 Å². The number of carbonyl (C=O) groups excluding carboxylic acids is 1. The van der Waals surface area contributed by atoms with Crippen LogP contribution in [0.15, 0.2) is 72.9 Å². The number of nitrogens with zero attached hydrogens (tertiary/aromatic N) is 3. The van der Waals surface area contributed by atoms with E-state index < -0.39 is 0 Å². The van der Waals surface area contributed by atoms with Gasteiger partial charge >= 0.3 is 0 Å². The van der Waals surface area contributed by atoms with E-state index in [-0.39, 0.29) is 5.91 Å². The molecule has 0 atom stereocenters. The summed E-state index contributed by atoms with van der Waals surface area (Å²) in [5, 5.41) is 0. The highest BCUT2D eigenvalue weighted by atomic mass is 16.5. The first-order chi connectivity index (χ1) is 13.8. The Labute approximate surface area is 165 Å². The number of methoxy groups -OCH3 is 1. The molecule has 1 saturated heterocycles. The highest BCUT2D eigenvalue weighted by Crippen LogP contribution is 2.25. The number of carbonyl (C=O) groups is 1. The van der Waals surface area contributed by atoms with E-state index >= 15 is 0 Å². The molecule has 1 amide bonds. The minimum absolute atomic E-state index is 0.0812. The van der Waals surface area contributed by atoms with E-state index in [1.165, 1.54) is 0 Å². The molecule has 1 aromatic heterocycles. The number of aromatic nitrogens is 1. The van der Waals surface area contributed by atoms with Gasteiger partial charge in [0.05, 0.1) is 7.11 Å². The highest BCUT2D eigenvalue weighted by Gasteiger charge is 2.24. The van der Waals surface area contributed by atoms with Crippen molar-refractivity contribution in [2.45, 2.75) is 0 Å². The summed E-state index contributed by atoms with van der Waals surface area (Å²) in [7, 11) is 1.65. The number of rotatable bonds is 4. The molecule has 5 nitrogen and oxygen atoms in total. The van der Waals surface area contributed by atoms with Crippen molar-refractivity contribution in [1.82, 2.24) is 9.88 Å². The summed E-state index contributed by atoms with van der Waals surface area (Å²) in [6.07, 6.45) is 1.75. The van der Waals surface area contributed by atoms with Crippen molar-refractivity contribution in [2.75, 3.05) is 38.2 Å². The Bertz CT molecular complexity index is 951. The van der Waals surface area contributed by atoms with Gasteiger partial charge in [0.2, 0.25) is 0 Å². The van der Waals surface area contributed by atoms with Gasteiger partial charge in [0.1, 0.15) is 11.6 Å². The van der Waals surface area contributed by atoms with Gasteiger partial charge in [0, 0.05) is 44.0 Å². The van der Waals surface area contributed by atoms with Gasteiger partial charge < -0.3 is 14.5 Å². The lowest BCUT2D eigenvalue weighted by Crippen LogP contribution is -2.49. The van der Waals surface area contributed by atoms with Crippen molar-refractivity contribution in [3.63, 3.8) is 0 Å². The summed E-state index contributed by atoms with van der Waals surface area (Å²) < 4.78 is 5.29. The zero-order valence-electron chi connectivity index (χ0n) is 15.9. The van der Waals surface area contributed by atoms with Crippen LogP contribution in [0.1, 0.15) is 10.4 Å². The van der Waals surface area contributed by atoms with E-state index in [0.717, 1.165) is 41.3 Å². The maximum atomic E-state index is 13.2. The van der Waals surface area contributed by atoms with E-state index in [1.807, 2.05) is 71.6 Å². The molecular formula is C23H23N3O2. The lowest BCUT2D eigenvalue weighted by atomic mass is 9.98. The number of piperazine rings is 1. The second-order valence-electron chi connectivity index (χ2n) is 6.74. The van der Waals surface area contributed by atoms with Gasteiger partial charge in [-0.2, -0.15) is 0 Å². The van der Waals surface area contributed by atoms with Gasteiger partial charge in [0.25, 0.3) is 5.91 Å². The average molecular weight is 373 g/mol. The second-order valence-corrected chi connectivity index (χ2v) is 6.74. The lowest BCUT2D eigenvalue weighted by molar-refractivity contribution is 0.0747. The molecule has 142 valence electrons. The number of anilines is 1. The molecule has 5 heteroatoms. The van der Waals surface area contributed by atoms with Crippen molar-refractivity contribution in [1.29, 1.82) is 0 Å². The highest BCUT2D eigenvalue weighted by molar-refractivity contribution is 6.01. The van der Waals surface area contributed by atoms with E-state index in [9.17, 15) is 4.79 Å². The van der Waals surface area contributed by atoms with Gasteiger partial charge in [-0.15, -0.1) is 0 Å². The monoisotopic (exact) mass is 373 g/mol. The predicted molar refractivity (Wildman–Crippen MR) is 111 cm³/mol. The summed E-state index contributed by atoms with van der Waals surface area (Å²) in [5.41, 5.74) is 2.79. The number of hydrogen-bond acceptors (Lipinski definition) is 4. The molecule has 0 aliphatic carbocycles. The lowest BCUT2D eigenvalue weighted by Gasteiger charge is -2.35. The first-order valence-corrected chi connectivity index (χ1v) is 9.45. The Morgan fingerprint density at radius 2 is 1.64 bits per heavy atom. The molecule has 0 radical (unpaired) electrons. The number of benzene rings is 2. The Kier molecular flexibility index (Phi) is 5.24. The number of amides is 1. The minimum atomic E-state index is 0.0812. The topological polar surface area (TPSA) is 45.7 Å². The van der Waals surface area contributed by atoms with Crippen LogP contribution in [0.3, 0.4) is 0 Å². The number of pyridine rings is 1. The molecule has 4 rings (SSSR count). The van der Waals surface area contributed by atoms with Crippen LogP contribution in [0.4, 0.5) is 5.82 Å². The predicted octanol–water partition coefficient (Wildman–Crippen LogP) is 3.72. The van der Waals surface area contributed by atoms with E-state index in [2.05, 4.69) is 9.88 Å². The quantitative estimate of drug-likeness (QED) is 0.699. The third kappa shape index (κ3) is 3.69. The second kappa shape index (κ2) is 8.13. The maximum absolute atomic E-state index is 13.2. The fourth-order valence-electron chi connectivity index (χ4n) is 3.55. The molecule has 0 N–H and O–H groups in total. The molecule has 2 aromatic carbocycles. The van der Waals surface area contributed by atoms with Gasteiger partial charge in [-0.25, -0.2) is 4.98 Å². The first-order valence-electron chi connectivity index (χ1n) is 9.45. The van der Waals surface area contributed by atoms with Crippen LogP contribution in [-0.2, 0) is 0 Å². The SMILES string of the molecule is COc1ccnc(N2CCN(C(=O)c3ccccc3-c3ccccc3)CC2)c1. The van der Waals surface area contributed by atoms with Crippen molar-refractivity contribution in [2.24, 2.45) is 0 Å². The Hall–Kier alpha value is -3.34. The summed E-state index contributed by atoms with van der Waals surface area (Å²) >= 11 is 0. The van der Waals surface area contributed by atoms with Crippen LogP contribution in [-0.4, -0.2) is 49.1 Å². The van der Waals surface area contributed by atoms with E-state index in [0.29, 0.717) is 13.1 Å². The van der Waals surface area contributed by atoms with Crippen LogP contribution < -0.4 is 9.64 Å². The van der Waals surface area contributed by atoms with Crippen LogP contribution in [0, 0.1) is 0 Å². The molecule has 1 fully saturated rings. The Balaban J connectivity index is 1.49. The molecule has 0 unspecified atom stereocenters. The van der Waals surface area contributed by atoms with Crippen LogP contribution in [0.5, 0.6) is 5.75 Å². The fourth-order valence-corrected chi connectivity index (χ4v) is 3.55. The smallest absolute Gasteiger partial charge is 0.254 e. The van der Waals surface area contributed by atoms with E-state index in [1.54, 1.807) is 13.3 Å². The molecule has 0 spiro atoms. The number of hydrogen-bond donors (Lipinski definition) is 0. The minimum Gasteiger partial charge on any atom is -0.497 e. The molecule has 0 saturated carbocycles. The molecule has 1 aliphatic heterocycles. The molecule has 3 aromatic rings. The van der Waals surface area contributed by atoms with Gasteiger partial charge in [-0.3, -0.25) is 4.79 Å². The fraction of sp³-hybridized carbons (Fsp3) is 0.217. The Morgan fingerprint density at radius 3 is 2.39 bits per heavy atom. The number of ether oxygens (including phenoxy) is 1. The van der Waals surface area contributed by atoms with Crippen molar-refractivity contribution in [3.05, 3.63) is 78.5 Å². The molecular weight excluding hydrogens is 350 g/mol. The molecule has 28 heavy (non-hydrogen) atoms. The van der Waals surface area contributed by atoms with E-state index in [4.69, 9.17) is 4.74 Å². The zero-order valence-corrected chi connectivity index (χ0v) is 15.9. The Morgan fingerprint density at radius 1 is 0.929 bits per heavy atom. The molecule has 2 heterocycles. The van der Waals surface area contributed by atoms with Crippen LogP contribution >= 0.6 is 0 Å². The molecule has 1 aliphatic rings. The van der Waals surface area contributed by atoms with Gasteiger partial charge in [0.15, 0.2) is 0 Å². The standard InChI is InChI=1S/C23H23N3O2/c1-28-19-11-12-24-22(17-19)25-13-15-26(16-14-25)23(27)21-10-6-5-9-20(21)18-7-3-2-4-8-18/h2-12,17H,13-16H2,1H3. The summed E-state index contributed by atoms with van der Waals surface area (Å²) in [6, 6.07) is 21.7. The third-order valence-electron chi connectivity index (χ3n) is 5.09. The van der Waals surface area contributed by atoms with Crippen molar-refractivity contribution in [3.8, 4) is 16.9 Å². The zero-order chi connectivity index (χ0) is 19.3. The third-order valence-corrected chi connectivity index (χ3v) is 5.09.